The molecule has 2 aromatic rings. The minimum atomic E-state index is -4.03. The highest BCUT2D eigenvalue weighted by molar-refractivity contribution is 7.91. The molecule has 206 valence electrons. The topological polar surface area (TPSA) is 147 Å². The van der Waals surface area contributed by atoms with E-state index in [1.165, 1.54) is 24.1 Å². The molecule has 14 heteroatoms. The molecule has 0 saturated carbocycles. The van der Waals surface area contributed by atoms with E-state index in [0.29, 0.717) is 28.6 Å². The number of rotatable bonds is 7. The Bertz CT molecular complexity index is 1290. The zero-order valence-corrected chi connectivity index (χ0v) is 23.1. The van der Waals surface area contributed by atoms with Crippen LogP contribution in [0.1, 0.15) is 33.9 Å². The Labute approximate surface area is 225 Å². The van der Waals surface area contributed by atoms with Crippen molar-refractivity contribution in [3.8, 4) is 0 Å². The molecule has 2 unspecified atom stereocenters. The number of aromatic nitrogens is 1. The molecule has 2 atom stereocenters. The molecule has 2 aliphatic heterocycles. The molecule has 3 amide bonds. The number of hydrogen-bond donors (Lipinski definition) is 2. The van der Waals surface area contributed by atoms with Gasteiger partial charge in [-0.2, -0.15) is 4.31 Å². The van der Waals surface area contributed by atoms with E-state index in [9.17, 15) is 22.8 Å². The van der Waals surface area contributed by atoms with Gasteiger partial charge in [0.1, 0.15) is 6.04 Å². The first kappa shape index (κ1) is 28.0. The molecule has 12 nitrogen and oxygen atoms in total. The van der Waals surface area contributed by atoms with Crippen molar-refractivity contribution in [3.63, 3.8) is 0 Å². The number of aryl methyl sites for hydroxylation is 2. The minimum Gasteiger partial charge on any atom is -0.465 e. The Hall–Kier alpha value is -3.07. The Morgan fingerprint density at radius 2 is 1.92 bits per heavy atom. The number of urea groups is 1. The van der Waals surface area contributed by atoms with Crippen LogP contribution in [0.15, 0.2) is 28.5 Å². The van der Waals surface area contributed by atoms with E-state index in [1.807, 2.05) is 0 Å². The molecule has 2 aliphatic rings. The second-order valence-electron chi connectivity index (χ2n) is 9.06. The SMILES string of the molecule is COC(=O)c1ccc(NC(=O)N2CCN(S(=O)(=O)c3sc(C)nc3C)C(C(=O)NCC3CCCO3)C2)cc1. The van der Waals surface area contributed by atoms with Gasteiger partial charge in [-0.05, 0) is 51.0 Å². The lowest BCUT2D eigenvalue weighted by molar-refractivity contribution is -0.126. The van der Waals surface area contributed by atoms with E-state index >= 15 is 0 Å². The number of methoxy groups -OCH3 is 1. The fourth-order valence-corrected chi connectivity index (χ4v) is 7.62. The van der Waals surface area contributed by atoms with Crippen LogP contribution in [0.5, 0.6) is 0 Å². The summed E-state index contributed by atoms with van der Waals surface area (Å²) >= 11 is 1.06. The predicted molar refractivity (Wildman–Crippen MR) is 140 cm³/mol. The fraction of sp³-hybridized carbons (Fsp3) is 0.500. The smallest absolute Gasteiger partial charge is 0.337 e. The van der Waals surface area contributed by atoms with Gasteiger partial charge in [-0.15, -0.1) is 11.3 Å². The quantitative estimate of drug-likeness (QED) is 0.483. The molecule has 0 bridgehead atoms. The number of hydrogen-bond acceptors (Lipinski definition) is 9. The molecular formula is C24H31N5O7S2. The summed E-state index contributed by atoms with van der Waals surface area (Å²) in [5, 5.41) is 6.16. The molecule has 2 fully saturated rings. The number of esters is 1. The van der Waals surface area contributed by atoms with Gasteiger partial charge in [0.05, 0.1) is 29.5 Å². The summed E-state index contributed by atoms with van der Waals surface area (Å²) in [6, 6.07) is 4.54. The van der Waals surface area contributed by atoms with Crippen molar-refractivity contribution in [3.05, 3.63) is 40.5 Å². The van der Waals surface area contributed by atoms with Crippen LogP contribution < -0.4 is 10.6 Å². The number of sulfonamides is 1. The average Bonchev–Trinajstić information content (AvgIpc) is 3.56. The van der Waals surface area contributed by atoms with E-state index in [4.69, 9.17) is 4.74 Å². The summed E-state index contributed by atoms with van der Waals surface area (Å²) in [6.45, 7) is 4.12. The average molecular weight is 566 g/mol. The van der Waals surface area contributed by atoms with Crippen LogP contribution in [-0.4, -0.2) is 92.6 Å². The molecule has 4 rings (SSSR count). The summed E-state index contributed by atoms with van der Waals surface area (Å²) in [7, 11) is -2.75. The Morgan fingerprint density at radius 3 is 2.53 bits per heavy atom. The summed E-state index contributed by atoms with van der Waals surface area (Å²) < 4.78 is 38.7. The molecule has 1 aromatic carbocycles. The van der Waals surface area contributed by atoms with E-state index in [0.717, 1.165) is 28.5 Å². The molecule has 2 saturated heterocycles. The van der Waals surface area contributed by atoms with Gasteiger partial charge in [0, 0.05) is 38.5 Å². The van der Waals surface area contributed by atoms with Crippen LogP contribution in [-0.2, 0) is 24.3 Å². The van der Waals surface area contributed by atoms with Gasteiger partial charge >= 0.3 is 12.0 Å². The molecule has 1 aromatic heterocycles. The van der Waals surface area contributed by atoms with Gasteiger partial charge in [0.2, 0.25) is 5.91 Å². The lowest BCUT2D eigenvalue weighted by Gasteiger charge is -2.39. The standard InChI is InChI=1S/C24H31N5O7S2/c1-15-23(37-16(2)26-15)38(33,34)29-11-10-28(14-20(29)21(30)25-13-19-5-4-12-36-19)24(32)27-18-8-6-17(7-9-18)22(31)35-3/h6-9,19-20H,4-5,10-14H2,1-3H3,(H,25,30)(H,27,32). The zero-order chi connectivity index (χ0) is 27.4. The summed E-state index contributed by atoms with van der Waals surface area (Å²) in [4.78, 5) is 43.6. The molecule has 0 radical (unpaired) electrons. The third-order valence-electron chi connectivity index (χ3n) is 6.41. The molecule has 38 heavy (non-hydrogen) atoms. The van der Waals surface area contributed by atoms with Crippen molar-refractivity contribution in [1.29, 1.82) is 0 Å². The Morgan fingerprint density at radius 1 is 1.18 bits per heavy atom. The largest absolute Gasteiger partial charge is 0.465 e. The van der Waals surface area contributed by atoms with Crippen LogP contribution in [0.2, 0.25) is 0 Å². The van der Waals surface area contributed by atoms with Gasteiger partial charge in [-0.25, -0.2) is 23.0 Å². The van der Waals surface area contributed by atoms with Crippen LogP contribution in [0, 0.1) is 13.8 Å². The molecule has 2 N–H and O–H groups in total. The molecule has 0 aliphatic carbocycles. The second-order valence-corrected chi connectivity index (χ2v) is 12.4. The van der Waals surface area contributed by atoms with Gasteiger partial charge in [-0.1, -0.05) is 0 Å². The molecular weight excluding hydrogens is 534 g/mol. The predicted octanol–water partition coefficient (Wildman–Crippen LogP) is 1.75. The van der Waals surface area contributed by atoms with Crippen molar-refractivity contribution in [2.24, 2.45) is 0 Å². The van der Waals surface area contributed by atoms with E-state index < -0.39 is 34.0 Å². The minimum absolute atomic E-state index is 0.0641. The highest BCUT2D eigenvalue weighted by Crippen LogP contribution is 2.29. The summed E-state index contributed by atoms with van der Waals surface area (Å²) in [6.07, 6.45) is 1.60. The Kier molecular flexibility index (Phi) is 8.65. The van der Waals surface area contributed by atoms with Crippen molar-refractivity contribution in [2.45, 2.75) is 43.0 Å². The van der Waals surface area contributed by atoms with Crippen LogP contribution in [0.4, 0.5) is 10.5 Å². The number of carbonyl (C=O) groups excluding carboxylic acids is 3. The van der Waals surface area contributed by atoms with Gasteiger partial charge in [-0.3, -0.25) is 4.79 Å². The summed E-state index contributed by atoms with van der Waals surface area (Å²) in [5.74, 6) is -0.994. The monoisotopic (exact) mass is 565 g/mol. The summed E-state index contributed by atoms with van der Waals surface area (Å²) in [5.41, 5.74) is 1.15. The van der Waals surface area contributed by atoms with Gasteiger partial charge in [0.15, 0.2) is 4.21 Å². The number of nitrogens with zero attached hydrogens (tertiary/aromatic N) is 3. The van der Waals surface area contributed by atoms with Crippen LogP contribution in [0.3, 0.4) is 0 Å². The number of ether oxygens (including phenoxy) is 2. The van der Waals surface area contributed by atoms with Crippen molar-refractivity contribution in [1.82, 2.24) is 19.5 Å². The zero-order valence-electron chi connectivity index (χ0n) is 21.4. The van der Waals surface area contributed by atoms with Crippen LogP contribution in [0.25, 0.3) is 0 Å². The van der Waals surface area contributed by atoms with Crippen LogP contribution >= 0.6 is 11.3 Å². The first-order chi connectivity index (χ1) is 18.1. The van der Waals surface area contributed by atoms with E-state index in [2.05, 4.69) is 20.4 Å². The highest BCUT2D eigenvalue weighted by Gasteiger charge is 2.43. The first-order valence-corrected chi connectivity index (χ1v) is 14.5. The number of anilines is 1. The number of piperazine rings is 1. The molecule has 0 spiro atoms. The van der Waals surface area contributed by atoms with Crippen molar-refractivity contribution < 1.29 is 32.3 Å². The van der Waals surface area contributed by atoms with Crippen molar-refractivity contribution >= 4 is 45.0 Å². The fourth-order valence-electron chi connectivity index (χ4n) is 4.46. The van der Waals surface area contributed by atoms with E-state index in [1.54, 1.807) is 26.0 Å². The third-order valence-corrected chi connectivity index (χ3v) is 9.98. The lowest BCUT2D eigenvalue weighted by atomic mass is 10.2. The maximum Gasteiger partial charge on any atom is 0.337 e. The number of benzene rings is 1. The molecule has 3 heterocycles. The second kappa shape index (κ2) is 11.8. The first-order valence-electron chi connectivity index (χ1n) is 12.2. The van der Waals surface area contributed by atoms with Crippen molar-refractivity contribution in [2.75, 3.05) is 45.2 Å². The number of thiazole rings is 1. The highest BCUT2D eigenvalue weighted by atomic mass is 32.2. The van der Waals surface area contributed by atoms with Gasteiger partial charge < -0.3 is 25.0 Å². The normalized spacial score (nSPS) is 20.2. The lowest BCUT2D eigenvalue weighted by Crippen LogP contribution is -2.62. The number of nitrogens with one attached hydrogen (secondary N) is 2. The van der Waals surface area contributed by atoms with E-state index in [-0.39, 0.29) is 36.5 Å². The Balaban J connectivity index is 1.51. The van der Waals surface area contributed by atoms with Gasteiger partial charge in [0.25, 0.3) is 10.0 Å². The number of carbonyl (C=O) groups is 3. The maximum absolute atomic E-state index is 13.6. The third kappa shape index (κ3) is 6.14. The number of amides is 3. The maximum atomic E-state index is 13.6.